The summed E-state index contributed by atoms with van der Waals surface area (Å²) in [6, 6.07) is -0.583. The van der Waals surface area contributed by atoms with Crippen molar-refractivity contribution in [2.45, 2.75) is 19.1 Å². The van der Waals surface area contributed by atoms with Crippen molar-refractivity contribution in [3.8, 4) is 0 Å². The number of carbonyl (C=O) groups excluding carboxylic acids is 1. The molecule has 2 atom stereocenters. The molecule has 2 unspecified atom stereocenters. The number of rotatable bonds is 3. The molecule has 0 fully saturated rings. The van der Waals surface area contributed by atoms with Gasteiger partial charge in [0.05, 0.1) is 7.11 Å². The van der Waals surface area contributed by atoms with E-state index in [2.05, 4.69) is 4.84 Å². The molecule has 0 saturated carbocycles. The van der Waals surface area contributed by atoms with Crippen LogP contribution in [0.3, 0.4) is 0 Å². The van der Waals surface area contributed by atoms with Crippen LogP contribution in [0.25, 0.3) is 0 Å². The Hall–Kier alpha value is -0.650. The van der Waals surface area contributed by atoms with Gasteiger partial charge in [0.15, 0.2) is 0 Å². The van der Waals surface area contributed by atoms with Gasteiger partial charge < -0.3 is 10.8 Å². The van der Waals surface area contributed by atoms with Gasteiger partial charge in [-0.05, 0) is 6.92 Å². The van der Waals surface area contributed by atoms with Crippen molar-refractivity contribution in [2.75, 3.05) is 14.2 Å². The van der Waals surface area contributed by atoms with Crippen LogP contribution in [0.1, 0.15) is 6.92 Å². The van der Waals surface area contributed by atoms with Gasteiger partial charge in [-0.1, -0.05) is 0 Å². The van der Waals surface area contributed by atoms with Crippen molar-refractivity contribution in [1.82, 2.24) is 5.06 Å². The summed E-state index contributed by atoms with van der Waals surface area (Å²) in [5, 5.41) is 10.0. The summed E-state index contributed by atoms with van der Waals surface area (Å²) >= 11 is 0. The van der Waals surface area contributed by atoms with Crippen LogP contribution in [0.4, 0.5) is 0 Å². The van der Waals surface area contributed by atoms with E-state index in [1.807, 2.05) is 0 Å². The average Bonchev–Trinajstić information content (AvgIpc) is 2.00. The minimum atomic E-state index is -1.19. The van der Waals surface area contributed by atoms with Crippen LogP contribution in [-0.2, 0) is 9.63 Å². The maximum atomic E-state index is 11.0. The SMILES string of the molecule is CON(C)C(=O)C(O)C(C)N. The molecule has 11 heavy (non-hydrogen) atoms. The van der Waals surface area contributed by atoms with Crippen LogP contribution in [0, 0.1) is 0 Å². The third kappa shape index (κ3) is 2.83. The number of aliphatic hydroxyl groups excluding tert-OH is 1. The highest BCUT2D eigenvalue weighted by molar-refractivity contribution is 5.80. The minimum Gasteiger partial charge on any atom is -0.382 e. The third-order valence-electron chi connectivity index (χ3n) is 1.34. The summed E-state index contributed by atoms with van der Waals surface area (Å²) in [6.07, 6.45) is -1.19. The highest BCUT2D eigenvalue weighted by atomic mass is 16.7. The second kappa shape index (κ2) is 4.27. The molecule has 1 amide bonds. The fourth-order valence-electron chi connectivity index (χ4n) is 0.501. The predicted molar refractivity (Wildman–Crippen MR) is 39.4 cm³/mol. The number of nitrogens with two attached hydrogens (primary N) is 1. The number of hydrogen-bond donors (Lipinski definition) is 2. The van der Waals surface area contributed by atoms with Gasteiger partial charge in [-0.3, -0.25) is 9.63 Å². The molecule has 0 heterocycles. The molecule has 0 aromatic heterocycles. The summed E-state index contributed by atoms with van der Waals surface area (Å²) in [7, 11) is 2.75. The van der Waals surface area contributed by atoms with Crippen molar-refractivity contribution in [3.05, 3.63) is 0 Å². The Labute approximate surface area is 65.7 Å². The zero-order valence-corrected chi connectivity index (χ0v) is 6.94. The monoisotopic (exact) mass is 162 g/mol. The van der Waals surface area contributed by atoms with E-state index in [-0.39, 0.29) is 0 Å². The van der Waals surface area contributed by atoms with Gasteiger partial charge in [-0.2, -0.15) is 0 Å². The first-order valence-corrected chi connectivity index (χ1v) is 3.26. The molecule has 5 nitrogen and oxygen atoms in total. The second-order valence-electron chi connectivity index (χ2n) is 2.32. The van der Waals surface area contributed by atoms with E-state index < -0.39 is 18.1 Å². The Morgan fingerprint density at radius 2 is 2.18 bits per heavy atom. The summed E-state index contributed by atoms with van der Waals surface area (Å²) in [4.78, 5) is 15.5. The first-order valence-electron chi connectivity index (χ1n) is 3.26. The zero-order valence-electron chi connectivity index (χ0n) is 6.94. The van der Waals surface area contributed by atoms with Crippen molar-refractivity contribution in [2.24, 2.45) is 5.73 Å². The summed E-state index contributed by atoms with van der Waals surface area (Å²) in [6.45, 7) is 1.55. The molecule has 3 N–H and O–H groups in total. The number of amides is 1. The van der Waals surface area contributed by atoms with E-state index >= 15 is 0 Å². The highest BCUT2D eigenvalue weighted by Gasteiger charge is 2.22. The van der Waals surface area contributed by atoms with Crippen molar-refractivity contribution in [3.63, 3.8) is 0 Å². The molecule has 0 aliphatic rings. The Morgan fingerprint density at radius 3 is 2.45 bits per heavy atom. The molecular formula is C6H14N2O3. The summed E-state index contributed by atoms with van der Waals surface area (Å²) in [5.74, 6) is -0.539. The van der Waals surface area contributed by atoms with Crippen LogP contribution in [0.2, 0.25) is 0 Å². The third-order valence-corrected chi connectivity index (χ3v) is 1.34. The van der Waals surface area contributed by atoms with E-state index in [1.54, 1.807) is 6.92 Å². The van der Waals surface area contributed by atoms with Crippen LogP contribution in [0.15, 0.2) is 0 Å². The Bertz CT molecular complexity index is 138. The fourth-order valence-corrected chi connectivity index (χ4v) is 0.501. The van der Waals surface area contributed by atoms with Crippen LogP contribution in [-0.4, -0.2) is 42.4 Å². The van der Waals surface area contributed by atoms with Gasteiger partial charge in [-0.15, -0.1) is 0 Å². The van der Waals surface area contributed by atoms with Gasteiger partial charge in [0.2, 0.25) is 0 Å². The van der Waals surface area contributed by atoms with Gasteiger partial charge >= 0.3 is 0 Å². The Balaban J connectivity index is 4.02. The normalized spacial score (nSPS) is 15.7. The first-order chi connectivity index (χ1) is 5.00. The van der Waals surface area contributed by atoms with E-state index in [4.69, 9.17) is 10.8 Å². The number of aliphatic hydroxyl groups is 1. The maximum Gasteiger partial charge on any atom is 0.276 e. The number of likely N-dealkylation sites (N-methyl/N-ethyl adjacent to an activating group) is 1. The lowest BCUT2D eigenvalue weighted by atomic mass is 10.2. The largest absolute Gasteiger partial charge is 0.382 e. The van der Waals surface area contributed by atoms with Gasteiger partial charge in [-0.25, -0.2) is 5.06 Å². The van der Waals surface area contributed by atoms with E-state index in [1.165, 1.54) is 14.2 Å². The first kappa shape index (κ1) is 10.3. The topological polar surface area (TPSA) is 75.8 Å². The minimum absolute atomic E-state index is 0.539. The molecule has 0 bridgehead atoms. The highest BCUT2D eigenvalue weighted by Crippen LogP contribution is 1.95. The van der Waals surface area contributed by atoms with Gasteiger partial charge in [0, 0.05) is 13.1 Å². The van der Waals surface area contributed by atoms with Crippen molar-refractivity contribution in [1.29, 1.82) is 0 Å². The van der Waals surface area contributed by atoms with Crippen molar-refractivity contribution < 1.29 is 14.7 Å². The van der Waals surface area contributed by atoms with Gasteiger partial charge in [0.1, 0.15) is 6.10 Å². The molecular weight excluding hydrogens is 148 g/mol. The number of hydrogen-bond acceptors (Lipinski definition) is 4. The predicted octanol–water partition coefficient (Wildman–Crippen LogP) is -1.29. The molecule has 0 aromatic rings. The van der Waals surface area contributed by atoms with Gasteiger partial charge in [0.25, 0.3) is 5.91 Å². The smallest absolute Gasteiger partial charge is 0.276 e. The lowest BCUT2D eigenvalue weighted by Crippen LogP contribution is -2.45. The zero-order chi connectivity index (χ0) is 9.02. The molecule has 0 aliphatic carbocycles. The molecule has 0 saturated heterocycles. The van der Waals surface area contributed by atoms with E-state index in [0.717, 1.165) is 5.06 Å². The van der Waals surface area contributed by atoms with Crippen LogP contribution >= 0.6 is 0 Å². The average molecular weight is 162 g/mol. The Morgan fingerprint density at radius 1 is 1.73 bits per heavy atom. The summed E-state index contributed by atoms with van der Waals surface area (Å²) in [5.41, 5.74) is 5.28. The van der Waals surface area contributed by atoms with E-state index in [9.17, 15) is 4.79 Å². The van der Waals surface area contributed by atoms with Crippen molar-refractivity contribution >= 4 is 5.91 Å². The van der Waals surface area contributed by atoms with Crippen LogP contribution < -0.4 is 5.73 Å². The molecule has 5 heteroatoms. The lowest BCUT2D eigenvalue weighted by Gasteiger charge is -2.19. The Kier molecular flexibility index (Phi) is 4.02. The molecule has 0 spiro atoms. The number of carbonyl (C=O) groups is 1. The lowest BCUT2D eigenvalue weighted by molar-refractivity contribution is -0.178. The fraction of sp³-hybridized carbons (Fsp3) is 0.833. The molecule has 66 valence electrons. The molecule has 0 aliphatic heterocycles. The number of nitrogens with zero attached hydrogens (tertiary/aromatic N) is 1. The second-order valence-corrected chi connectivity index (χ2v) is 2.32. The molecule has 0 rings (SSSR count). The van der Waals surface area contributed by atoms with Crippen LogP contribution in [0.5, 0.6) is 0 Å². The standard InChI is InChI=1S/C6H14N2O3/c1-4(7)5(9)6(10)8(2)11-3/h4-5,9H,7H2,1-3H3. The molecule has 0 radical (unpaired) electrons. The number of hydroxylamine groups is 2. The van der Waals surface area contributed by atoms with E-state index in [0.29, 0.717) is 0 Å². The summed E-state index contributed by atoms with van der Waals surface area (Å²) < 4.78 is 0. The quantitative estimate of drug-likeness (QED) is 0.506. The molecule has 0 aromatic carbocycles. The maximum absolute atomic E-state index is 11.0.